The van der Waals surface area contributed by atoms with Crippen molar-refractivity contribution in [1.29, 1.82) is 0 Å². The SMILES string of the molecule is CC1NC(C(=O)N2CCC(c3ccc(-c4ccccc4C4CC4)cc3CO)C2)=CS1. The molecule has 2 aromatic rings. The third-order valence-corrected chi connectivity index (χ3v) is 7.39. The number of hydrogen-bond donors (Lipinski definition) is 2. The molecule has 1 amide bonds. The van der Waals surface area contributed by atoms with Gasteiger partial charge in [-0.3, -0.25) is 4.79 Å². The van der Waals surface area contributed by atoms with Crippen molar-refractivity contribution in [2.45, 2.75) is 50.0 Å². The quantitative estimate of drug-likeness (QED) is 0.744. The number of likely N-dealkylation sites (tertiary alicyclic amines) is 1. The average molecular weight is 421 g/mol. The number of carbonyl (C=O) groups is 1. The Balaban J connectivity index is 1.36. The third-order valence-electron chi connectivity index (χ3n) is 6.50. The maximum absolute atomic E-state index is 12.8. The monoisotopic (exact) mass is 420 g/mol. The van der Waals surface area contributed by atoms with Crippen LogP contribution < -0.4 is 5.32 Å². The molecule has 2 unspecified atom stereocenters. The molecule has 1 saturated heterocycles. The zero-order valence-electron chi connectivity index (χ0n) is 17.3. The molecule has 2 heterocycles. The van der Waals surface area contributed by atoms with Gasteiger partial charge in [0.05, 0.1) is 12.0 Å². The van der Waals surface area contributed by atoms with Crippen molar-refractivity contribution in [2.24, 2.45) is 0 Å². The highest BCUT2D eigenvalue weighted by molar-refractivity contribution is 8.02. The molecule has 0 radical (unpaired) electrons. The smallest absolute Gasteiger partial charge is 0.270 e. The van der Waals surface area contributed by atoms with Gasteiger partial charge in [0.1, 0.15) is 5.70 Å². The maximum atomic E-state index is 12.8. The van der Waals surface area contributed by atoms with E-state index >= 15 is 0 Å². The fourth-order valence-electron chi connectivity index (χ4n) is 4.76. The predicted molar refractivity (Wildman–Crippen MR) is 122 cm³/mol. The van der Waals surface area contributed by atoms with Crippen LogP contribution in [0, 0.1) is 0 Å². The number of nitrogens with zero attached hydrogens (tertiary/aromatic N) is 1. The molecule has 156 valence electrons. The van der Waals surface area contributed by atoms with Crippen LogP contribution in [0.5, 0.6) is 0 Å². The van der Waals surface area contributed by atoms with Gasteiger partial charge in [-0.2, -0.15) is 0 Å². The number of amides is 1. The zero-order valence-corrected chi connectivity index (χ0v) is 18.1. The lowest BCUT2D eigenvalue weighted by atomic mass is 9.89. The molecule has 0 aromatic heterocycles. The molecule has 2 atom stereocenters. The number of aliphatic hydroxyl groups is 1. The van der Waals surface area contributed by atoms with Gasteiger partial charge in [-0.25, -0.2) is 0 Å². The fourth-order valence-corrected chi connectivity index (χ4v) is 5.46. The van der Waals surface area contributed by atoms with Crippen LogP contribution in [0.15, 0.2) is 53.6 Å². The van der Waals surface area contributed by atoms with E-state index in [0.29, 0.717) is 18.2 Å². The lowest BCUT2D eigenvalue weighted by Gasteiger charge is -2.20. The molecule has 2 fully saturated rings. The molecule has 2 N–H and O–H groups in total. The minimum absolute atomic E-state index is 0.0279. The molecule has 0 bridgehead atoms. The second kappa shape index (κ2) is 8.12. The van der Waals surface area contributed by atoms with E-state index in [9.17, 15) is 9.90 Å². The van der Waals surface area contributed by atoms with E-state index in [1.807, 2.05) is 10.3 Å². The first-order valence-electron chi connectivity index (χ1n) is 10.9. The maximum Gasteiger partial charge on any atom is 0.270 e. The fraction of sp³-hybridized carbons (Fsp3) is 0.400. The minimum atomic E-state index is 0.0279. The van der Waals surface area contributed by atoms with Crippen LogP contribution in [-0.4, -0.2) is 34.4 Å². The topological polar surface area (TPSA) is 52.6 Å². The zero-order chi connectivity index (χ0) is 20.7. The summed E-state index contributed by atoms with van der Waals surface area (Å²) >= 11 is 1.65. The Labute approximate surface area is 182 Å². The summed E-state index contributed by atoms with van der Waals surface area (Å²) in [7, 11) is 0. The third kappa shape index (κ3) is 3.77. The summed E-state index contributed by atoms with van der Waals surface area (Å²) in [4.78, 5) is 14.7. The van der Waals surface area contributed by atoms with Crippen LogP contribution in [0.25, 0.3) is 11.1 Å². The van der Waals surface area contributed by atoms with Crippen LogP contribution in [0.3, 0.4) is 0 Å². The van der Waals surface area contributed by atoms with Crippen molar-refractivity contribution in [3.05, 3.63) is 70.3 Å². The molecule has 1 aliphatic carbocycles. The van der Waals surface area contributed by atoms with Crippen LogP contribution in [0.2, 0.25) is 0 Å². The van der Waals surface area contributed by atoms with E-state index in [1.165, 1.54) is 35.1 Å². The standard InChI is InChI=1S/C25H28N2O2S/c1-16-26-24(15-30-16)25(29)27-11-10-19(13-27)21-9-8-18(12-20(21)14-28)23-5-3-2-4-22(23)17-6-7-17/h2-5,8-9,12,15-17,19,26,28H,6-7,10-11,13-14H2,1H3. The van der Waals surface area contributed by atoms with Crippen molar-refractivity contribution in [3.8, 4) is 11.1 Å². The highest BCUT2D eigenvalue weighted by Crippen LogP contribution is 2.44. The minimum Gasteiger partial charge on any atom is -0.392 e. The summed E-state index contributed by atoms with van der Waals surface area (Å²) in [5.74, 6) is 1.05. The van der Waals surface area contributed by atoms with Gasteiger partial charge in [0.25, 0.3) is 5.91 Å². The Hall–Kier alpha value is -2.24. The number of thioether (sulfide) groups is 1. The van der Waals surface area contributed by atoms with E-state index < -0.39 is 0 Å². The number of aliphatic hydroxyl groups excluding tert-OH is 1. The lowest BCUT2D eigenvalue weighted by Crippen LogP contribution is -2.34. The molecule has 2 aromatic carbocycles. The largest absolute Gasteiger partial charge is 0.392 e. The summed E-state index contributed by atoms with van der Waals surface area (Å²) in [5, 5.41) is 15.6. The van der Waals surface area contributed by atoms with Gasteiger partial charge in [-0.1, -0.05) is 36.4 Å². The molecule has 5 heteroatoms. The first-order valence-corrected chi connectivity index (χ1v) is 11.8. The van der Waals surface area contributed by atoms with Gasteiger partial charge >= 0.3 is 0 Å². The van der Waals surface area contributed by atoms with E-state index in [0.717, 1.165) is 18.5 Å². The van der Waals surface area contributed by atoms with E-state index in [-0.39, 0.29) is 23.8 Å². The van der Waals surface area contributed by atoms with Crippen LogP contribution in [-0.2, 0) is 11.4 Å². The van der Waals surface area contributed by atoms with Gasteiger partial charge < -0.3 is 15.3 Å². The molecule has 0 spiro atoms. The second-order valence-electron chi connectivity index (χ2n) is 8.62. The van der Waals surface area contributed by atoms with E-state index in [4.69, 9.17) is 0 Å². The molecule has 3 aliphatic rings. The van der Waals surface area contributed by atoms with Crippen molar-refractivity contribution >= 4 is 17.7 Å². The summed E-state index contributed by atoms with van der Waals surface area (Å²) in [6, 6.07) is 15.2. The first-order chi connectivity index (χ1) is 14.6. The van der Waals surface area contributed by atoms with Crippen LogP contribution in [0.4, 0.5) is 0 Å². The highest BCUT2D eigenvalue weighted by Gasteiger charge is 2.32. The van der Waals surface area contributed by atoms with E-state index in [1.54, 1.807) is 11.8 Å². The number of carbonyl (C=O) groups excluding carboxylic acids is 1. The molecule has 4 nitrogen and oxygen atoms in total. The van der Waals surface area contributed by atoms with Crippen molar-refractivity contribution in [3.63, 3.8) is 0 Å². The number of rotatable bonds is 5. The van der Waals surface area contributed by atoms with Gasteiger partial charge in [0, 0.05) is 24.4 Å². The molecular weight excluding hydrogens is 392 g/mol. The Morgan fingerprint density at radius 3 is 2.70 bits per heavy atom. The Morgan fingerprint density at radius 2 is 1.97 bits per heavy atom. The van der Waals surface area contributed by atoms with E-state index in [2.05, 4.69) is 54.7 Å². The lowest BCUT2D eigenvalue weighted by molar-refractivity contribution is -0.126. The normalized spacial score (nSPS) is 23.4. The number of hydrogen-bond acceptors (Lipinski definition) is 4. The predicted octanol–water partition coefficient (Wildman–Crippen LogP) is 4.56. The Bertz CT molecular complexity index is 998. The van der Waals surface area contributed by atoms with Gasteiger partial charge in [-0.05, 0) is 66.0 Å². The van der Waals surface area contributed by atoms with Crippen LogP contribution >= 0.6 is 11.8 Å². The molecule has 1 saturated carbocycles. The summed E-state index contributed by atoms with van der Waals surface area (Å²) in [6.07, 6.45) is 3.49. The summed E-state index contributed by atoms with van der Waals surface area (Å²) in [5.41, 5.74) is 6.77. The van der Waals surface area contributed by atoms with Crippen molar-refractivity contribution in [2.75, 3.05) is 13.1 Å². The number of benzene rings is 2. The Kier molecular flexibility index (Phi) is 5.34. The van der Waals surface area contributed by atoms with Gasteiger partial charge in [-0.15, -0.1) is 11.8 Å². The average Bonchev–Trinajstić information content (AvgIpc) is 3.35. The van der Waals surface area contributed by atoms with Crippen LogP contribution in [0.1, 0.15) is 54.7 Å². The second-order valence-corrected chi connectivity index (χ2v) is 9.84. The van der Waals surface area contributed by atoms with Gasteiger partial charge in [0.15, 0.2) is 0 Å². The molecule has 2 aliphatic heterocycles. The first kappa shape index (κ1) is 19.7. The molecule has 5 rings (SSSR count). The molecule has 30 heavy (non-hydrogen) atoms. The number of nitrogens with one attached hydrogen (secondary N) is 1. The van der Waals surface area contributed by atoms with Crippen molar-refractivity contribution < 1.29 is 9.90 Å². The Morgan fingerprint density at radius 1 is 1.13 bits per heavy atom. The molecular formula is C25H28N2O2S. The van der Waals surface area contributed by atoms with Crippen molar-refractivity contribution in [1.82, 2.24) is 10.2 Å². The summed E-state index contributed by atoms with van der Waals surface area (Å²) in [6.45, 7) is 3.56. The summed E-state index contributed by atoms with van der Waals surface area (Å²) < 4.78 is 0. The highest BCUT2D eigenvalue weighted by atomic mass is 32.2. The van der Waals surface area contributed by atoms with Gasteiger partial charge in [0.2, 0.25) is 0 Å².